The molecule has 1 aromatic heterocycles. The van der Waals surface area contributed by atoms with Crippen LogP contribution in [-0.4, -0.2) is 17.1 Å². The number of para-hydroxylation sites is 1. The van der Waals surface area contributed by atoms with Gasteiger partial charge in [-0.3, -0.25) is 0 Å². The molecule has 0 saturated carbocycles. The third kappa shape index (κ3) is 2.41. The number of anilines is 2. The van der Waals surface area contributed by atoms with Crippen LogP contribution >= 0.6 is 15.9 Å². The van der Waals surface area contributed by atoms with Gasteiger partial charge in [-0.2, -0.15) is 9.97 Å². The molecule has 2 aromatic rings. The van der Waals surface area contributed by atoms with Crippen molar-refractivity contribution in [2.75, 3.05) is 12.4 Å². The van der Waals surface area contributed by atoms with E-state index in [-0.39, 0.29) is 0 Å². The molecule has 98 valence electrons. The van der Waals surface area contributed by atoms with Crippen molar-refractivity contribution in [3.05, 3.63) is 40.0 Å². The molecule has 5 nitrogen and oxygen atoms in total. The Kier molecular flexibility index (Phi) is 3.35. The normalized spacial score (nSPS) is 13.2. The fraction of sp³-hybridized carbons (Fsp3) is 0.231. The van der Waals surface area contributed by atoms with Gasteiger partial charge in [0.25, 0.3) is 0 Å². The van der Waals surface area contributed by atoms with E-state index in [2.05, 4.69) is 36.5 Å². The third-order valence-corrected chi connectivity index (χ3v) is 3.67. The second kappa shape index (κ2) is 5.14. The van der Waals surface area contributed by atoms with Gasteiger partial charge in [-0.05, 0) is 28.1 Å². The van der Waals surface area contributed by atoms with Crippen molar-refractivity contribution < 1.29 is 4.74 Å². The van der Waals surface area contributed by atoms with E-state index in [1.54, 1.807) is 7.11 Å². The van der Waals surface area contributed by atoms with Crippen molar-refractivity contribution in [3.63, 3.8) is 0 Å². The molecule has 0 fully saturated rings. The Bertz CT molecular complexity index is 618. The molecule has 0 aliphatic carbocycles. The number of ether oxygens (including phenoxy) is 1. The van der Waals surface area contributed by atoms with Gasteiger partial charge < -0.3 is 15.4 Å². The van der Waals surface area contributed by atoms with E-state index in [4.69, 9.17) is 4.74 Å². The number of hydrogen-bond donors (Lipinski definition) is 2. The lowest BCUT2D eigenvalue weighted by atomic mass is 10.2. The van der Waals surface area contributed by atoms with Crippen LogP contribution in [0.5, 0.6) is 6.01 Å². The quantitative estimate of drug-likeness (QED) is 0.910. The number of rotatable bonds is 3. The van der Waals surface area contributed by atoms with Gasteiger partial charge in [0, 0.05) is 23.1 Å². The highest BCUT2D eigenvalue weighted by Crippen LogP contribution is 2.29. The molecule has 0 spiro atoms. The van der Waals surface area contributed by atoms with Crippen LogP contribution in [0.2, 0.25) is 0 Å². The molecule has 0 amide bonds. The van der Waals surface area contributed by atoms with Crippen LogP contribution in [0, 0.1) is 0 Å². The smallest absolute Gasteiger partial charge is 0.318 e. The van der Waals surface area contributed by atoms with Gasteiger partial charge in [0.15, 0.2) is 0 Å². The second-order valence-corrected chi connectivity index (χ2v) is 5.05. The summed E-state index contributed by atoms with van der Waals surface area (Å²) in [5.74, 6) is 0.791. The topological polar surface area (TPSA) is 59.1 Å². The molecular weight excluding hydrogens is 308 g/mol. The standard InChI is InChI=1S/C13H13BrN4O/c1-19-13-17-11-7-15-6-8(11)12(18-13)16-10-5-3-2-4-9(10)14/h2-5,15H,6-7H2,1H3,(H,16,17,18). The fourth-order valence-electron chi connectivity index (χ4n) is 2.03. The zero-order valence-corrected chi connectivity index (χ0v) is 12.0. The Morgan fingerprint density at radius 1 is 1.26 bits per heavy atom. The van der Waals surface area contributed by atoms with E-state index in [1.807, 2.05) is 24.3 Å². The van der Waals surface area contributed by atoms with Crippen molar-refractivity contribution in [3.8, 4) is 6.01 Å². The molecule has 2 heterocycles. The minimum absolute atomic E-state index is 0.386. The number of methoxy groups -OCH3 is 1. The summed E-state index contributed by atoms with van der Waals surface area (Å²) in [5.41, 5.74) is 3.05. The molecule has 1 aromatic carbocycles. The van der Waals surface area contributed by atoms with Crippen LogP contribution in [0.4, 0.5) is 11.5 Å². The highest BCUT2D eigenvalue weighted by atomic mass is 79.9. The van der Waals surface area contributed by atoms with Crippen molar-refractivity contribution in [1.82, 2.24) is 15.3 Å². The Morgan fingerprint density at radius 2 is 2.11 bits per heavy atom. The number of halogens is 1. The second-order valence-electron chi connectivity index (χ2n) is 4.19. The van der Waals surface area contributed by atoms with Crippen LogP contribution in [-0.2, 0) is 13.1 Å². The lowest BCUT2D eigenvalue weighted by Gasteiger charge is -2.12. The van der Waals surface area contributed by atoms with Gasteiger partial charge in [-0.15, -0.1) is 0 Å². The zero-order valence-electron chi connectivity index (χ0n) is 10.4. The maximum Gasteiger partial charge on any atom is 0.318 e. The van der Waals surface area contributed by atoms with Crippen molar-refractivity contribution in [2.45, 2.75) is 13.1 Å². The van der Waals surface area contributed by atoms with Crippen LogP contribution in [0.1, 0.15) is 11.3 Å². The van der Waals surface area contributed by atoms with Crippen molar-refractivity contribution >= 4 is 27.4 Å². The first-order chi connectivity index (χ1) is 9.28. The van der Waals surface area contributed by atoms with Crippen LogP contribution in [0.15, 0.2) is 28.7 Å². The summed E-state index contributed by atoms with van der Waals surface area (Å²) in [6.07, 6.45) is 0. The first-order valence-corrected chi connectivity index (χ1v) is 6.73. The Balaban J connectivity index is 2.01. The SMILES string of the molecule is COc1nc2c(c(Nc3ccccc3Br)n1)CNC2. The van der Waals surface area contributed by atoms with Gasteiger partial charge >= 0.3 is 6.01 Å². The highest BCUT2D eigenvalue weighted by Gasteiger charge is 2.19. The average Bonchev–Trinajstić information content (AvgIpc) is 2.89. The lowest BCUT2D eigenvalue weighted by molar-refractivity contribution is 0.379. The van der Waals surface area contributed by atoms with E-state index >= 15 is 0 Å². The van der Waals surface area contributed by atoms with Crippen LogP contribution < -0.4 is 15.4 Å². The number of aromatic nitrogens is 2. The fourth-order valence-corrected chi connectivity index (χ4v) is 2.41. The van der Waals surface area contributed by atoms with E-state index in [1.165, 1.54) is 0 Å². The summed E-state index contributed by atoms with van der Waals surface area (Å²) in [6, 6.07) is 8.32. The third-order valence-electron chi connectivity index (χ3n) is 2.98. The molecule has 0 saturated heterocycles. The summed E-state index contributed by atoms with van der Waals surface area (Å²) in [4.78, 5) is 8.74. The summed E-state index contributed by atoms with van der Waals surface area (Å²) in [5, 5.41) is 6.60. The monoisotopic (exact) mass is 320 g/mol. The van der Waals surface area contributed by atoms with Gasteiger partial charge in [0.2, 0.25) is 0 Å². The molecule has 19 heavy (non-hydrogen) atoms. The maximum atomic E-state index is 5.15. The minimum Gasteiger partial charge on any atom is -0.467 e. The molecule has 1 aliphatic rings. The van der Waals surface area contributed by atoms with Gasteiger partial charge in [0.05, 0.1) is 18.5 Å². The molecule has 0 atom stereocenters. The first-order valence-electron chi connectivity index (χ1n) is 5.94. The number of nitrogens with zero attached hydrogens (tertiary/aromatic N) is 2. The van der Waals surface area contributed by atoms with Gasteiger partial charge in [0.1, 0.15) is 5.82 Å². The van der Waals surface area contributed by atoms with E-state index in [0.717, 1.165) is 40.3 Å². The van der Waals surface area contributed by atoms with Crippen molar-refractivity contribution in [2.24, 2.45) is 0 Å². The molecule has 0 bridgehead atoms. The van der Waals surface area contributed by atoms with E-state index in [0.29, 0.717) is 6.01 Å². The Morgan fingerprint density at radius 3 is 2.89 bits per heavy atom. The highest BCUT2D eigenvalue weighted by molar-refractivity contribution is 9.10. The Hall–Kier alpha value is -1.66. The molecule has 1 aliphatic heterocycles. The van der Waals surface area contributed by atoms with E-state index in [9.17, 15) is 0 Å². The number of nitrogens with one attached hydrogen (secondary N) is 2. The maximum absolute atomic E-state index is 5.15. The predicted molar refractivity (Wildman–Crippen MR) is 76.6 cm³/mol. The molecule has 0 unspecified atom stereocenters. The van der Waals surface area contributed by atoms with Crippen molar-refractivity contribution in [1.29, 1.82) is 0 Å². The Labute approximate surface area is 119 Å². The predicted octanol–water partition coefficient (Wildman–Crippen LogP) is 2.59. The summed E-state index contributed by atoms with van der Waals surface area (Å²) in [6.45, 7) is 1.52. The first kappa shape index (κ1) is 12.4. The molecule has 3 rings (SSSR count). The zero-order chi connectivity index (χ0) is 13.2. The summed E-state index contributed by atoms with van der Waals surface area (Å²) < 4.78 is 6.14. The average molecular weight is 321 g/mol. The minimum atomic E-state index is 0.386. The van der Waals surface area contributed by atoms with Gasteiger partial charge in [-0.25, -0.2) is 0 Å². The number of hydrogen-bond acceptors (Lipinski definition) is 5. The summed E-state index contributed by atoms with van der Waals surface area (Å²) >= 11 is 3.52. The molecular formula is C13H13BrN4O. The molecule has 6 heteroatoms. The van der Waals surface area contributed by atoms with E-state index < -0.39 is 0 Å². The lowest BCUT2D eigenvalue weighted by Crippen LogP contribution is -2.04. The number of fused-ring (bicyclic) bond motifs is 1. The summed E-state index contributed by atoms with van der Waals surface area (Å²) in [7, 11) is 1.58. The van der Waals surface area contributed by atoms with Crippen LogP contribution in [0.3, 0.4) is 0 Å². The molecule has 0 radical (unpaired) electrons. The number of benzene rings is 1. The molecule has 2 N–H and O–H groups in total. The van der Waals surface area contributed by atoms with Crippen LogP contribution in [0.25, 0.3) is 0 Å². The van der Waals surface area contributed by atoms with Gasteiger partial charge in [-0.1, -0.05) is 12.1 Å². The largest absolute Gasteiger partial charge is 0.467 e.